The minimum atomic E-state index is -0.260. The molecule has 1 heterocycles. The van der Waals surface area contributed by atoms with Crippen molar-refractivity contribution < 1.29 is 4.79 Å². The van der Waals surface area contributed by atoms with Gasteiger partial charge in [-0.15, -0.1) is 0 Å². The number of amides is 1. The van der Waals surface area contributed by atoms with Gasteiger partial charge >= 0.3 is 0 Å². The van der Waals surface area contributed by atoms with Gasteiger partial charge < -0.3 is 11.1 Å². The summed E-state index contributed by atoms with van der Waals surface area (Å²) >= 11 is 0. The summed E-state index contributed by atoms with van der Waals surface area (Å²) in [7, 11) is 0. The lowest BCUT2D eigenvalue weighted by atomic mass is 9.92. The number of hydrogen-bond donors (Lipinski definition) is 2. The number of aromatic nitrogens is 1. The Kier molecular flexibility index (Phi) is 3.51. The highest BCUT2D eigenvalue weighted by atomic mass is 16.1. The fourth-order valence-corrected chi connectivity index (χ4v) is 2.18. The van der Waals surface area contributed by atoms with Gasteiger partial charge in [-0.2, -0.15) is 0 Å². The molecule has 3 N–H and O–H groups in total. The molecular weight excluding hydrogens is 202 g/mol. The van der Waals surface area contributed by atoms with Crippen molar-refractivity contribution in [1.29, 1.82) is 0 Å². The second kappa shape index (κ2) is 5.07. The molecule has 0 aromatic carbocycles. The van der Waals surface area contributed by atoms with E-state index in [0.717, 1.165) is 18.5 Å². The van der Waals surface area contributed by atoms with E-state index in [0.29, 0.717) is 13.0 Å². The van der Waals surface area contributed by atoms with Gasteiger partial charge in [-0.1, -0.05) is 6.07 Å². The summed E-state index contributed by atoms with van der Waals surface area (Å²) in [6.07, 6.45) is 5.58. The van der Waals surface area contributed by atoms with E-state index in [-0.39, 0.29) is 11.9 Å². The van der Waals surface area contributed by atoms with Crippen molar-refractivity contribution in [3.05, 3.63) is 29.6 Å². The standard InChI is InChI=1S/C12H17N3O/c13-11(16)6-8-14-10-5-1-3-9-4-2-7-15-12(9)10/h2,4,7,10,14H,1,3,5-6,8H2,(H2,13,16). The topological polar surface area (TPSA) is 68.0 Å². The lowest BCUT2D eigenvalue weighted by molar-refractivity contribution is -0.117. The maximum absolute atomic E-state index is 10.7. The molecule has 0 saturated heterocycles. The second-order valence-electron chi connectivity index (χ2n) is 4.16. The Labute approximate surface area is 95.3 Å². The third kappa shape index (κ3) is 2.58. The van der Waals surface area contributed by atoms with Crippen LogP contribution in [0.4, 0.5) is 0 Å². The molecule has 1 aliphatic rings. The quantitative estimate of drug-likeness (QED) is 0.791. The molecule has 1 aromatic heterocycles. The number of primary amides is 1. The number of nitrogens with zero attached hydrogens (tertiary/aromatic N) is 1. The largest absolute Gasteiger partial charge is 0.370 e. The van der Waals surface area contributed by atoms with Crippen molar-refractivity contribution in [2.45, 2.75) is 31.7 Å². The molecule has 0 aliphatic heterocycles. The predicted molar refractivity (Wildman–Crippen MR) is 61.7 cm³/mol. The number of carbonyl (C=O) groups is 1. The summed E-state index contributed by atoms with van der Waals surface area (Å²) in [6.45, 7) is 0.635. The number of hydrogen-bond acceptors (Lipinski definition) is 3. The monoisotopic (exact) mass is 219 g/mol. The molecule has 1 amide bonds. The van der Waals surface area contributed by atoms with Crippen LogP contribution in [-0.4, -0.2) is 17.4 Å². The average molecular weight is 219 g/mol. The van der Waals surface area contributed by atoms with Crippen molar-refractivity contribution in [3.8, 4) is 0 Å². The third-order valence-electron chi connectivity index (χ3n) is 2.96. The maximum Gasteiger partial charge on any atom is 0.218 e. The summed E-state index contributed by atoms with van der Waals surface area (Å²) in [5.41, 5.74) is 7.57. The summed E-state index contributed by atoms with van der Waals surface area (Å²) in [5.74, 6) is -0.260. The first kappa shape index (κ1) is 11.1. The van der Waals surface area contributed by atoms with Crippen LogP contribution < -0.4 is 11.1 Å². The zero-order valence-electron chi connectivity index (χ0n) is 9.28. The lowest BCUT2D eigenvalue weighted by Crippen LogP contribution is -2.29. The molecule has 0 bridgehead atoms. The van der Waals surface area contributed by atoms with Crippen LogP contribution >= 0.6 is 0 Å². The van der Waals surface area contributed by atoms with E-state index < -0.39 is 0 Å². The predicted octanol–water partition coefficient (Wildman–Crippen LogP) is 0.924. The molecule has 4 heteroatoms. The van der Waals surface area contributed by atoms with Crippen molar-refractivity contribution in [2.75, 3.05) is 6.54 Å². The molecule has 0 spiro atoms. The number of nitrogens with two attached hydrogens (primary N) is 1. The number of carbonyl (C=O) groups excluding carboxylic acids is 1. The minimum absolute atomic E-state index is 0.260. The summed E-state index contributed by atoms with van der Waals surface area (Å²) in [6, 6.07) is 4.39. The third-order valence-corrected chi connectivity index (χ3v) is 2.96. The summed E-state index contributed by atoms with van der Waals surface area (Å²) < 4.78 is 0. The zero-order valence-corrected chi connectivity index (χ0v) is 9.28. The molecule has 0 fully saturated rings. The molecule has 1 aromatic rings. The van der Waals surface area contributed by atoms with E-state index in [1.165, 1.54) is 12.0 Å². The maximum atomic E-state index is 10.7. The van der Waals surface area contributed by atoms with Crippen LogP contribution in [0.2, 0.25) is 0 Å². The molecule has 4 nitrogen and oxygen atoms in total. The van der Waals surface area contributed by atoms with E-state index in [2.05, 4.69) is 16.4 Å². The average Bonchev–Trinajstić information content (AvgIpc) is 2.29. The van der Waals surface area contributed by atoms with Crippen LogP contribution in [0.1, 0.15) is 36.6 Å². The number of fused-ring (bicyclic) bond motifs is 1. The van der Waals surface area contributed by atoms with Gasteiger partial charge in [-0.25, -0.2) is 0 Å². The molecule has 1 atom stereocenters. The van der Waals surface area contributed by atoms with E-state index in [4.69, 9.17) is 5.73 Å². The molecule has 2 rings (SSSR count). The van der Waals surface area contributed by atoms with Gasteiger partial charge in [0.25, 0.3) is 0 Å². The van der Waals surface area contributed by atoms with Gasteiger partial charge in [0.05, 0.1) is 5.69 Å². The first-order valence-electron chi connectivity index (χ1n) is 5.73. The summed E-state index contributed by atoms with van der Waals surface area (Å²) in [4.78, 5) is 15.1. The minimum Gasteiger partial charge on any atom is -0.370 e. The lowest BCUT2D eigenvalue weighted by Gasteiger charge is -2.25. The summed E-state index contributed by atoms with van der Waals surface area (Å²) in [5, 5.41) is 3.35. The number of pyridine rings is 1. The van der Waals surface area contributed by atoms with E-state index in [1.807, 2.05) is 12.3 Å². The normalized spacial score (nSPS) is 19.1. The Morgan fingerprint density at radius 1 is 1.62 bits per heavy atom. The van der Waals surface area contributed by atoms with Crippen molar-refractivity contribution in [3.63, 3.8) is 0 Å². The molecular formula is C12H17N3O. The first-order valence-corrected chi connectivity index (χ1v) is 5.73. The highest BCUT2D eigenvalue weighted by molar-refractivity contribution is 5.73. The van der Waals surface area contributed by atoms with Crippen LogP contribution in [0.3, 0.4) is 0 Å². The number of rotatable bonds is 4. The van der Waals surface area contributed by atoms with Crippen LogP contribution in [0.15, 0.2) is 18.3 Å². The Hall–Kier alpha value is -1.42. The van der Waals surface area contributed by atoms with Gasteiger partial charge in [-0.3, -0.25) is 9.78 Å². The van der Waals surface area contributed by atoms with Gasteiger partial charge in [0.15, 0.2) is 0 Å². The molecule has 1 unspecified atom stereocenters. The number of nitrogens with one attached hydrogen (secondary N) is 1. The van der Waals surface area contributed by atoms with Crippen LogP contribution in [0, 0.1) is 0 Å². The first-order chi connectivity index (χ1) is 7.77. The SMILES string of the molecule is NC(=O)CCNC1CCCc2cccnc21. The van der Waals surface area contributed by atoms with E-state index in [9.17, 15) is 4.79 Å². The van der Waals surface area contributed by atoms with E-state index in [1.54, 1.807) is 0 Å². The Bertz CT molecular complexity index is 378. The van der Waals surface area contributed by atoms with Gasteiger partial charge in [-0.05, 0) is 30.9 Å². The van der Waals surface area contributed by atoms with Crippen LogP contribution in [-0.2, 0) is 11.2 Å². The van der Waals surface area contributed by atoms with Crippen LogP contribution in [0.25, 0.3) is 0 Å². The van der Waals surface area contributed by atoms with Crippen molar-refractivity contribution in [1.82, 2.24) is 10.3 Å². The smallest absolute Gasteiger partial charge is 0.218 e. The molecule has 86 valence electrons. The molecule has 16 heavy (non-hydrogen) atoms. The Balaban J connectivity index is 1.99. The fraction of sp³-hybridized carbons (Fsp3) is 0.500. The molecule has 1 aliphatic carbocycles. The van der Waals surface area contributed by atoms with Gasteiger partial charge in [0.1, 0.15) is 0 Å². The molecule has 0 saturated carbocycles. The highest BCUT2D eigenvalue weighted by Gasteiger charge is 2.20. The van der Waals surface area contributed by atoms with Gasteiger partial charge in [0.2, 0.25) is 5.91 Å². The highest BCUT2D eigenvalue weighted by Crippen LogP contribution is 2.27. The fourth-order valence-electron chi connectivity index (χ4n) is 2.18. The van der Waals surface area contributed by atoms with Crippen molar-refractivity contribution in [2.24, 2.45) is 5.73 Å². The second-order valence-corrected chi connectivity index (χ2v) is 4.16. The Morgan fingerprint density at radius 3 is 3.31 bits per heavy atom. The van der Waals surface area contributed by atoms with Crippen LogP contribution in [0.5, 0.6) is 0 Å². The number of aryl methyl sites for hydroxylation is 1. The Morgan fingerprint density at radius 2 is 2.50 bits per heavy atom. The zero-order chi connectivity index (χ0) is 11.4. The van der Waals surface area contributed by atoms with E-state index >= 15 is 0 Å². The van der Waals surface area contributed by atoms with Crippen molar-refractivity contribution >= 4 is 5.91 Å². The van der Waals surface area contributed by atoms with Gasteiger partial charge in [0, 0.05) is 25.2 Å². The molecule has 0 radical (unpaired) electrons.